The van der Waals surface area contributed by atoms with Gasteiger partial charge in [0.15, 0.2) is 0 Å². The SMILES string of the molecule is Cc1ccc2c([se]c3c(C#N)cccc32)c1-c1cccc[n+]1C. The Morgan fingerprint density at radius 1 is 0.957 bits per heavy atom. The first kappa shape index (κ1) is 14.2. The summed E-state index contributed by atoms with van der Waals surface area (Å²) >= 11 is 0.168. The Labute approximate surface area is 141 Å². The molecule has 2 nitrogen and oxygen atoms in total. The normalized spacial score (nSPS) is 11.0. The van der Waals surface area contributed by atoms with E-state index < -0.39 is 0 Å². The van der Waals surface area contributed by atoms with Crippen molar-refractivity contribution >= 4 is 33.8 Å². The van der Waals surface area contributed by atoms with Crippen molar-refractivity contribution in [1.29, 1.82) is 5.26 Å². The van der Waals surface area contributed by atoms with Crippen LogP contribution in [0.25, 0.3) is 30.6 Å². The average molecular weight is 362 g/mol. The van der Waals surface area contributed by atoms with Crippen molar-refractivity contribution in [2.24, 2.45) is 7.05 Å². The van der Waals surface area contributed by atoms with Crippen molar-refractivity contribution in [3.8, 4) is 17.3 Å². The first-order valence-electron chi connectivity index (χ1n) is 7.50. The Morgan fingerprint density at radius 2 is 1.78 bits per heavy atom. The quantitative estimate of drug-likeness (QED) is 0.375. The Bertz CT molecular complexity index is 1100. The van der Waals surface area contributed by atoms with Crippen LogP contribution in [0.4, 0.5) is 0 Å². The van der Waals surface area contributed by atoms with Crippen molar-refractivity contribution in [2.45, 2.75) is 6.92 Å². The number of aromatic nitrogens is 1. The van der Waals surface area contributed by atoms with Gasteiger partial charge in [-0.05, 0) is 0 Å². The Hall–Kier alpha value is -2.40. The third kappa shape index (κ3) is 2.11. The van der Waals surface area contributed by atoms with E-state index in [-0.39, 0.29) is 14.5 Å². The summed E-state index contributed by atoms with van der Waals surface area (Å²) in [6.45, 7) is 2.17. The zero-order valence-electron chi connectivity index (χ0n) is 13.0. The van der Waals surface area contributed by atoms with Gasteiger partial charge in [0.05, 0.1) is 0 Å². The summed E-state index contributed by atoms with van der Waals surface area (Å²) in [5.74, 6) is 0. The molecule has 0 amide bonds. The molecule has 110 valence electrons. The van der Waals surface area contributed by atoms with E-state index in [1.807, 2.05) is 12.1 Å². The molecular weight excluding hydrogens is 347 g/mol. The first-order chi connectivity index (χ1) is 11.2. The second-order valence-corrected chi connectivity index (χ2v) is 7.87. The number of nitrogens with zero attached hydrogens (tertiary/aromatic N) is 2. The summed E-state index contributed by atoms with van der Waals surface area (Å²) in [5.41, 5.74) is 4.67. The molecule has 0 spiro atoms. The first-order valence-corrected chi connectivity index (χ1v) is 9.22. The molecule has 0 radical (unpaired) electrons. The number of nitriles is 1. The molecule has 0 unspecified atom stereocenters. The van der Waals surface area contributed by atoms with E-state index in [2.05, 4.69) is 67.2 Å². The van der Waals surface area contributed by atoms with E-state index in [1.165, 1.54) is 36.1 Å². The monoisotopic (exact) mass is 363 g/mol. The Kier molecular flexibility index (Phi) is 3.31. The Morgan fingerprint density at radius 3 is 2.57 bits per heavy atom. The van der Waals surface area contributed by atoms with Gasteiger partial charge in [-0.3, -0.25) is 0 Å². The summed E-state index contributed by atoms with van der Waals surface area (Å²) in [7, 11) is 2.09. The van der Waals surface area contributed by atoms with Crippen molar-refractivity contribution in [3.05, 3.63) is 65.9 Å². The van der Waals surface area contributed by atoms with E-state index in [0.29, 0.717) is 0 Å². The minimum atomic E-state index is 0.168. The molecule has 0 saturated carbocycles. The van der Waals surface area contributed by atoms with Crippen LogP contribution in [0.15, 0.2) is 54.7 Å². The molecule has 0 aliphatic carbocycles. The molecule has 0 bridgehead atoms. The summed E-state index contributed by atoms with van der Waals surface area (Å²) in [5, 5.41) is 11.9. The number of fused-ring (bicyclic) bond motifs is 3. The van der Waals surface area contributed by atoms with Gasteiger partial charge in [0.2, 0.25) is 0 Å². The van der Waals surface area contributed by atoms with Gasteiger partial charge in [-0.25, -0.2) is 0 Å². The van der Waals surface area contributed by atoms with Crippen molar-refractivity contribution in [2.75, 3.05) is 0 Å². The van der Waals surface area contributed by atoms with E-state index >= 15 is 0 Å². The van der Waals surface area contributed by atoms with Crippen molar-refractivity contribution in [3.63, 3.8) is 0 Å². The molecule has 4 aromatic rings. The van der Waals surface area contributed by atoms with Crippen LogP contribution in [0, 0.1) is 18.3 Å². The third-order valence-electron chi connectivity index (χ3n) is 4.31. The van der Waals surface area contributed by atoms with Gasteiger partial charge in [-0.15, -0.1) is 0 Å². The fraction of sp³-hybridized carbons (Fsp3) is 0.100. The van der Waals surface area contributed by atoms with Crippen molar-refractivity contribution < 1.29 is 4.57 Å². The van der Waals surface area contributed by atoms with Crippen molar-refractivity contribution in [1.82, 2.24) is 0 Å². The van der Waals surface area contributed by atoms with Gasteiger partial charge < -0.3 is 0 Å². The molecule has 0 fully saturated rings. The number of pyridine rings is 1. The van der Waals surface area contributed by atoms with Crippen LogP contribution in [0.3, 0.4) is 0 Å². The molecule has 0 saturated heterocycles. The number of hydrogen-bond donors (Lipinski definition) is 0. The fourth-order valence-corrected chi connectivity index (χ4v) is 6.03. The average Bonchev–Trinajstić information content (AvgIpc) is 2.94. The zero-order valence-corrected chi connectivity index (χ0v) is 14.7. The second kappa shape index (κ2) is 5.35. The fourth-order valence-electron chi connectivity index (χ4n) is 3.15. The van der Waals surface area contributed by atoms with Gasteiger partial charge in [0, 0.05) is 0 Å². The van der Waals surface area contributed by atoms with Gasteiger partial charge in [0.1, 0.15) is 0 Å². The molecule has 0 aliphatic rings. The third-order valence-corrected chi connectivity index (χ3v) is 6.98. The molecule has 4 rings (SSSR count). The molecule has 0 aliphatic heterocycles. The minimum absolute atomic E-state index is 0.168. The van der Waals surface area contributed by atoms with E-state index in [9.17, 15) is 5.26 Å². The van der Waals surface area contributed by atoms with Crippen LogP contribution in [-0.2, 0) is 7.05 Å². The topological polar surface area (TPSA) is 27.7 Å². The van der Waals surface area contributed by atoms with E-state index in [0.717, 1.165) is 5.56 Å². The maximum atomic E-state index is 9.42. The van der Waals surface area contributed by atoms with Gasteiger partial charge in [-0.1, -0.05) is 0 Å². The van der Waals surface area contributed by atoms with Crippen LogP contribution in [-0.4, -0.2) is 14.5 Å². The molecular formula is C20H15N2Se+. The van der Waals surface area contributed by atoms with Crippen LogP contribution >= 0.6 is 0 Å². The number of hydrogen-bond acceptors (Lipinski definition) is 1. The predicted molar refractivity (Wildman–Crippen MR) is 94.5 cm³/mol. The van der Waals surface area contributed by atoms with Crippen LogP contribution in [0.1, 0.15) is 11.1 Å². The molecule has 0 atom stereocenters. The Balaban J connectivity index is 2.19. The second-order valence-electron chi connectivity index (χ2n) is 5.73. The predicted octanol–water partition coefficient (Wildman–Crippen LogP) is 3.72. The molecule has 2 aromatic heterocycles. The van der Waals surface area contributed by atoms with Gasteiger partial charge >= 0.3 is 141 Å². The molecule has 3 heteroatoms. The summed E-state index contributed by atoms with van der Waals surface area (Å²) in [4.78, 5) is 0. The van der Waals surface area contributed by atoms with E-state index in [4.69, 9.17) is 0 Å². The number of aryl methyl sites for hydroxylation is 2. The van der Waals surface area contributed by atoms with Gasteiger partial charge in [-0.2, -0.15) is 0 Å². The van der Waals surface area contributed by atoms with Gasteiger partial charge in [0.25, 0.3) is 0 Å². The molecule has 2 aromatic carbocycles. The zero-order chi connectivity index (χ0) is 16.0. The molecule has 2 heterocycles. The summed E-state index contributed by atoms with van der Waals surface area (Å²) < 4.78 is 4.80. The van der Waals surface area contributed by atoms with Crippen LogP contribution in [0.5, 0.6) is 0 Å². The summed E-state index contributed by atoms with van der Waals surface area (Å²) in [6.07, 6.45) is 2.09. The van der Waals surface area contributed by atoms with E-state index in [1.54, 1.807) is 0 Å². The van der Waals surface area contributed by atoms with Crippen LogP contribution < -0.4 is 4.57 Å². The number of rotatable bonds is 1. The maximum absolute atomic E-state index is 9.42. The molecule has 0 N–H and O–H groups in total. The summed E-state index contributed by atoms with van der Waals surface area (Å²) in [6, 6.07) is 19.2. The standard InChI is InChI=1S/C20H15N2Se/c1-13-9-10-16-15-7-5-6-14(12-21)19(15)23-20(16)18(13)17-8-3-4-11-22(17)2/h3-11H,1-2H3/q+1. The van der Waals surface area contributed by atoms with Crippen LogP contribution in [0.2, 0.25) is 0 Å². The molecule has 23 heavy (non-hydrogen) atoms. The number of benzene rings is 2.